The van der Waals surface area contributed by atoms with Crippen LogP contribution in [0.5, 0.6) is 0 Å². The molecule has 1 aliphatic heterocycles. The molecule has 1 atom stereocenters. The number of carbonyl (C=O) groups is 1. The van der Waals surface area contributed by atoms with Crippen molar-refractivity contribution in [3.8, 4) is 0 Å². The molecule has 2 heterocycles. The number of nitrogens with one attached hydrogen (secondary N) is 1. The molecular formula is C21H21FN4OS. The summed E-state index contributed by atoms with van der Waals surface area (Å²) in [5.41, 5.74) is 2.58. The van der Waals surface area contributed by atoms with E-state index in [1.165, 1.54) is 23.2 Å². The fourth-order valence-electron chi connectivity index (χ4n) is 3.37. The van der Waals surface area contributed by atoms with Gasteiger partial charge in [0.1, 0.15) is 17.7 Å². The zero-order valence-corrected chi connectivity index (χ0v) is 16.4. The van der Waals surface area contributed by atoms with Crippen molar-refractivity contribution in [1.82, 2.24) is 9.36 Å². The molecule has 1 fully saturated rings. The number of carbonyl (C=O) groups excluding carboxylic acids is 1. The fourth-order valence-corrected chi connectivity index (χ4v) is 4.13. The van der Waals surface area contributed by atoms with Gasteiger partial charge in [-0.3, -0.25) is 4.79 Å². The number of aromatic nitrogens is 2. The van der Waals surface area contributed by atoms with Crippen LogP contribution >= 0.6 is 11.5 Å². The van der Waals surface area contributed by atoms with E-state index >= 15 is 0 Å². The SMILES string of the molecule is Cc1ccc(Cc2nsc(N3CCCC3C(=O)Nc3ccccc3F)n2)cc1. The summed E-state index contributed by atoms with van der Waals surface area (Å²) in [6, 6.07) is 14.2. The minimum Gasteiger partial charge on any atom is -0.335 e. The Morgan fingerprint density at radius 3 is 2.82 bits per heavy atom. The smallest absolute Gasteiger partial charge is 0.247 e. The van der Waals surface area contributed by atoms with E-state index in [9.17, 15) is 9.18 Å². The summed E-state index contributed by atoms with van der Waals surface area (Å²) in [6.07, 6.45) is 2.27. The van der Waals surface area contributed by atoms with Gasteiger partial charge in [-0.25, -0.2) is 9.37 Å². The molecular weight excluding hydrogens is 375 g/mol. The van der Waals surface area contributed by atoms with Crippen LogP contribution in [0, 0.1) is 12.7 Å². The van der Waals surface area contributed by atoms with Gasteiger partial charge in [0.15, 0.2) is 0 Å². The van der Waals surface area contributed by atoms with Crippen LogP contribution in [0.3, 0.4) is 0 Å². The number of hydrogen-bond donors (Lipinski definition) is 1. The number of hydrogen-bond acceptors (Lipinski definition) is 5. The van der Waals surface area contributed by atoms with Gasteiger partial charge in [-0.2, -0.15) is 4.37 Å². The number of rotatable bonds is 5. The highest BCUT2D eigenvalue weighted by atomic mass is 32.1. The maximum absolute atomic E-state index is 13.8. The van der Waals surface area contributed by atoms with Crippen molar-refractivity contribution in [2.45, 2.75) is 32.2 Å². The van der Waals surface area contributed by atoms with Crippen LogP contribution in [0.15, 0.2) is 48.5 Å². The van der Waals surface area contributed by atoms with Crippen LogP contribution < -0.4 is 10.2 Å². The molecule has 0 bridgehead atoms. The quantitative estimate of drug-likeness (QED) is 0.703. The molecule has 3 aromatic rings. The Bertz CT molecular complexity index is 973. The lowest BCUT2D eigenvalue weighted by Gasteiger charge is -2.22. The first-order chi connectivity index (χ1) is 13.6. The zero-order valence-electron chi connectivity index (χ0n) is 15.6. The van der Waals surface area contributed by atoms with Crippen LogP contribution in [0.2, 0.25) is 0 Å². The molecule has 1 unspecified atom stereocenters. The molecule has 1 aromatic heterocycles. The Morgan fingerprint density at radius 1 is 1.25 bits per heavy atom. The Balaban J connectivity index is 1.46. The molecule has 5 nitrogen and oxygen atoms in total. The Hall–Kier alpha value is -2.80. The van der Waals surface area contributed by atoms with Crippen molar-refractivity contribution in [3.63, 3.8) is 0 Å². The van der Waals surface area contributed by atoms with Gasteiger partial charge in [-0.1, -0.05) is 42.0 Å². The van der Waals surface area contributed by atoms with E-state index < -0.39 is 5.82 Å². The van der Waals surface area contributed by atoms with E-state index in [2.05, 4.69) is 45.9 Å². The second kappa shape index (κ2) is 8.06. The van der Waals surface area contributed by atoms with Gasteiger partial charge < -0.3 is 10.2 Å². The van der Waals surface area contributed by atoms with Crippen molar-refractivity contribution in [1.29, 1.82) is 0 Å². The van der Waals surface area contributed by atoms with Gasteiger partial charge >= 0.3 is 0 Å². The Morgan fingerprint density at radius 2 is 2.04 bits per heavy atom. The zero-order chi connectivity index (χ0) is 19.5. The normalized spacial score (nSPS) is 16.4. The predicted molar refractivity (Wildman–Crippen MR) is 109 cm³/mol. The van der Waals surface area contributed by atoms with E-state index in [-0.39, 0.29) is 17.6 Å². The number of para-hydroxylation sites is 1. The molecule has 0 radical (unpaired) electrons. The second-order valence-electron chi connectivity index (χ2n) is 6.98. The number of halogens is 1. The third kappa shape index (κ3) is 4.04. The van der Waals surface area contributed by atoms with Gasteiger partial charge in [0.05, 0.1) is 5.69 Å². The standard InChI is InChI=1S/C21H21FN4OS/c1-14-8-10-15(11-9-14)13-19-24-21(28-25-19)26-12-4-7-18(26)20(27)23-17-6-3-2-5-16(17)22/h2-3,5-6,8-11,18H,4,7,12-13H2,1H3,(H,23,27). The van der Waals surface area contributed by atoms with Gasteiger partial charge in [0.25, 0.3) is 0 Å². The first-order valence-electron chi connectivity index (χ1n) is 9.30. The molecule has 7 heteroatoms. The third-order valence-corrected chi connectivity index (χ3v) is 5.66. The number of benzene rings is 2. The lowest BCUT2D eigenvalue weighted by molar-refractivity contribution is -0.117. The highest BCUT2D eigenvalue weighted by Crippen LogP contribution is 2.28. The minimum atomic E-state index is -0.434. The Kier molecular flexibility index (Phi) is 5.34. The first kappa shape index (κ1) is 18.6. The highest BCUT2D eigenvalue weighted by molar-refractivity contribution is 7.09. The maximum Gasteiger partial charge on any atom is 0.247 e. The van der Waals surface area contributed by atoms with E-state index in [1.54, 1.807) is 18.2 Å². The van der Waals surface area contributed by atoms with Crippen molar-refractivity contribution in [2.75, 3.05) is 16.8 Å². The van der Waals surface area contributed by atoms with Gasteiger partial charge in [-0.15, -0.1) is 0 Å². The highest BCUT2D eigenvalue weighted by Gasteiger charge is 2.33. The summed E-state index contributed by atoms with van der Waals surface area (Å²) < 4.78 is 18.3. The number of aryl methyl sites for hydroxylation is 1. The summed E-state index contributed by atoms with van der Waals surface area (Å²) in [4.78, 5) is 19.3. The van der Waals surface area contributed by atoms with Crippen molar-refractivity contribution >= 4 is 28.3 Å². The lowest BCUT2D eigenvalue weighted by atomic mass is 10.1. The number of amides is 1. The minimum absolute atomic E-state index is 0.205. The van der Waals surface area contributed by atoms with Gasteiger partial charge in [0.2, 0.25) is 11.0 Å². The van der Waals surface area contributed by atoms with E-state index in [0.29, 0.717) is 12.8 Å². The molecule has 4 rings (SSSR count). The average molecular weight is 396 g/mol. The van der Waals surface area contributed by atoms with Crippen molar-refractivity contribution < 1.29 is 9.18 Å². The van der Waals surface area contributed by atoms with Crippen molar-refractivity contribution in [3.05, 3.63) is 71.3 Å². The number of anilines is 2. The van der Waals surface area contributed by atoms with Crippen molar-refractivity contribution in [2.24, 2.45) is 0 Å². The first-order valence-corrected chi connectivity index (χ1v) is 10.1. The van der Waals surface area contributed by atoms with E-state index in [0.717, 1.165) is 29.5 Å². The molecule has 0 saturated carbocycles. The fraction of sp³-hybridized carbons (Fsp3) is 0.286. The van der Waals surface area contributed by atoms with Gasteiger partial charge in [0, 0.05) is 24.5 Å². The topological polar surface area (TPSA) is 58.1 Å². The summed E-state index contributed by atoms with van der Waals surface area (Å²) in [5, 5.41) is 3.45. The lowest BCUT2D eigenvalue weighted by Crippen LogP contribution is -2.39. The number of nitrogens with zero attached hydrogens (tertiary/aromatic N) is 3. The van der Waals surface area contributed by atoms with Crippen LogP contribution in [0.4, 0.5) is 15.2 Å². The predicted octanol–water partition coefficient (Wildman–Crippen LogP) is 4.18. The molecule has 1 amide bonds. The molecule has 1 N–H and O–H groups in total. The Labute approximate surface area is 167 Å². The molecule has 28 heavy (non-hydrogen) atoms. The summed E-state index contributed by atoms with van der Waals surface area (Å²) >= 11 is 1.31. The largest absolute Gasteiger partial charge is 0.335 e. The third-order valence-electron chi connectivity index (χ3n) is 4.87. The van der Waals surface area contributed by atoms with Crippen LogP contribution in [-0.2, 0) is 11.2 Å². The summed E-state index contributed by atoms with van der Waals surface area (Å²) in [6.45, 7) is 2.80. The van der Waals surface area contributed by atoms with Crippen LogP contribution in [0.25, 0.3) is 0 Å². The average Bonchev–Trinajstić information content (AvgIpc) is 3.34. The van der Waals surface area contributed by atoms with E-state index in [1.807, 2.05) is 4.90 Å². The molecule has 1 aliphatic rings. The molecule has 1 saturated heterocycles. The van der Waals surface area contributed by atoms with Gasteiger partial charge in [-0.05, 0) is 37.5 Å². The van der Waals surface area contributed by atoms with E-state index in [4.69, 9.17) is 0 Å². The molecule has 0 aliphatic carbocycles. The summed E-state index contributed by atoms with van der Waals surface area (Å²) in [5.74, 6) is 0.110. The maximum atomic E-state index is 13.8. The molecule has 2 aromatic carbocycles. The summed E-state index contributed by atoms with van der Waals surface area (Å²) in [7, 11) is 0. The van der Waals surface area contributed by atoms with Crippen LogP contribution in [0.1, 0.15) is 29.8 Å². The monoisotopic (exact) mass is 396 g/mol. The molecule has 144 valence electrons. The molecule has 0 spiro atoms. The van der Waals surface area contributed by atoms with Crippen LogP contribution in [-0.4, -0.2) is 27.9 Å². The second-order valence-corrected chi connectivity index (χ2v) is 7.71.